The van der Waals surface area contributed by atoms with Gasteiger partial charge < -0.3 is 24.0 Å². The van der Waals surface area contributed by atoms with Crippen molar-refractivity contribution in [3.63, 3.8) is 0 Å². The highest BCUT2D eigenvalue weighted by molar-refractivity contribution is 5.94. The molecule has 1 fully saturated rings. The van der Waals surface area contributed by atoms with E-state index in [9.17, 15) is 9.59 Å². The SMILES string of the molecule is CN(C)c1ccc(NC(=O)C2CC2)cc1CN(Cc1ccco1)C(=O)c1ccco1. The van der Waals surface area contributed by atoms with Crippen LogP contribution in [0.25, 0.3) is 0 Å². The third-order valence-corrected chi connectivity index (χ3v) is 5.08. The highest BCUT2D eigenvalue weighted by Crippen LogP contribution is 2.31. The summed E-state index contributed by atoms with van der Waals surface area (Å²) in [4.78, 5) is 28.9. The van der Waals surface area contributed by atoms with Crippen LogP contribution >= 0.6 is 0 Å². The van der Waals surface area contributed by atoms with E-state index in [4.69, 9.17) is 8.83 Å². The van der Waals surface area contributed by atoms with Gasteiger partial charge in [0, 0.05) is 37.9 Å². The molecule has 7 nitrogen and oxygen atoms in total. The Hall–Kier alpha value is -3.48. The first-order valence-corrected chi connectivity index (χ1v) is 9.97. The summed E-state index contributed by atoms with van der Waals surface area (Å²) in [6, 6.07) is 12.8. The van der Waals surface area contributed by atoms with Crippen LogP contribution < -0.4 is 10.2 Å². The number of hydrogen-bond donors (Lipinski definition) is 1. The van der Waals surface area contributed by atoms with Crippen molar-refractivity contribution in [1.82, 2.24) is 4.90 Å². The average molecular weight is 407 g/mol. The number of carbonyl (C=O) groups excluding carboxylic acids is 2. The summed E-state index contributed by atoms with van der Waals surface area (Å²) in [5.74, 6) is 0.898. The van der Waals surface area contributed by atoms with Crippen LogP contribution in [0.1, 0.15) is 34.7 Å². The third-order valence-electron chi connectivity index (χ3n) is 5.08. The summed E-state index contributed by atoms with van der Waals surface area (Å²) in [6.45, 7) is 0.638. The highest BCUT2D eigenvalue weighted by Gasteiger charge is 2.29. The number of anilines is 2. The van der Waals surface area contributed by atoms with E-state index in [0.29, 0.717) is 18.8 Å². The molecule has 156 valence electrons. The van der Waals surface area contributed by atoms with Gasteiger partial charge in [0.2, 0.25) is 5.91 Å². The van der Waals surface area contributed by atoms with E-state index in [-0.39, 0.29) is 23.5 Å². The lowest BCUT2D eigenvalue weighted by atomic mass is 10.1. The summed E-state index contributed by atoms with van der Waals surface area (Å²) < 4.78 is 10.8. The molecule has 2 amide bonds. The molecule has 0 spiro atoms. The Kier molecular flexibility index (Phi) is 5.61. The molecule has 0 radical (unpaired) electrons. The van der Waals surface area contributed by atoms with Gasteiger partial charge in [-0.3, -0.25) is 9.59 Å². The number of nitrogens with one attached hydrogen (secondary N) is 1. The van der Waals surface area contributed by atoms with Gasteiger partial charge in [-0.1, -0.05) is 0 Å². The van der Waals surface area contributed by atoms with Gasteiger partial charge in [0.25, 0.3) is 5.91 Å². The number of benzene rings is 1. The summed E-state index contributed by atoms with van der Waals surface area (Å²) in [6.07, 6.45) is 4.97. The van der Waals surface area contributed by atoms with Crippen LogP contribution in [0.4, 0.5) is 11.4 Å². The molecule has 0 bridgehead atoms. The number of carbonyl (C=O) groups is 2. The van der Waals surface area contributed by atoms with Gasteiger partial charge in [-0.25, -0.2) is 0 Å². The Balaban J connectivity index is 1.62. The first-order chi connectivity index (χ1) is 14.5. The quantitative estimate of drug-likeness (QED) is 0.607. The standard InChI is InChI=1S/C23H25N3O4/c1-25(2)20-10-9-18(24-22(27)16-7-8-16)13-17(20)14-26(15-19-5-3-11-29-19)23(28)21-6-4-12-30-21/h3-6,9-13,16H,7-8,14-15H2,1-2H3,(H,24,27). The Morgan fingerprint density at radius 1 is 1.03 bits per heavy atom. The van der Waals surface area contributed by atoms with Crippen LogP contribution in [0.2, 0.25) is 0 Å². The van der Waals surface area contributed by atoms with Gasteiger partial charge in [0.1, 0.15) is 5.76 Å². The van der Waals surface area contributed by atoms with Gasteiger partial charge in [-0.15, -0.1) is 0 Å². The molecule has 4 rings (SSSR count). The number of furan rings is 2. The van der Waals surface area contributed by atoms with Crippen molar-refractivity contribution >= 4 is 23.2 Å². The molecule has 2 heterocycles. The number of rotatable bonds is 8. The number of nitrogens with zero attached hydrogens (tertiary/aromatic N) is 2. The Morgan fingerprint density at radius 3 is 2.43 bits per heavy atom. The molecule has 1 aliphatic carbocycles. The van der Waals surface area contributed by atoms with E-state index >= 15 is 0 Å². The minimum Gasteiger partial charge on any atom is -0.467 e. The lowest BCUT2D eigenvalue weighted by Gasteiger charge is -2.25. The van der Waals surface area contributed by atoms with Crippen LogP contribution in [-0.2, 0) is 17.9 Å². The molecule has 0 saturated heterocycles. The van der Waals surface area contributed by atoms with Crippen molar-refractivity contribution in [1.29, 1.82) is 0 Å². The molecular formula is C23H25N3O4. The van der Waals surface area contributed by atoms with E-state index in [1.807, 2.05) is 43.3 Å². The van der Waals surface area contributed by atoms with Gasteiger partial charge in [-0.05, 0) is 60.9 Å². The number of hydrogen-bond acceptors (Lipinski definition) is 5. The van der Waals surface area contributed by atoms with Crippen molar-refractivity contribution in [2.24, 2.45) is 5.92 Å². The lowest BCUT2D eigenvalue weighted by Crippen LogP contribution is -2.30. The summed E-state index contributed by atoms with van der Waals surface area (Å²) in [5.41, 5.74) is 2.62. The Labute approximate surface area is 175 Å². The van der Waals surface area contributed by atoms with E-state index in [1.54, 1.807) is 29.4 Å². The van der Waals surface area contributed by atoms with Crippen LogP contribution in [-0.4, -0.2) is 30.8 Å². The third kappa shape index (κ3) is 4.56. The van der Waals surface area contributed by atoms with Gasteiger partial charge in [-0.2, -0.15) is 0 Å². The summed E-state index contributed by atoms with van der Waals surface area (Å²) in [7, 11) is 3.90. The summed E-state index contributed by atoms with van der Waals surface area (Å²) in [5, 5.41) is 2.99. The van der Waals surface area contributed by atoms with Crippen LogP contribution in [0, 0.1) is 5.92 Å². The van der Waals surface area contributed by atoms with Gasteiger partial charge in [0.05, 0.1) is 19.1 Å². The van der Waals surface area contributed by atoms with E-state index in [2.05, 4.69) is 5.32 Å². The first-order valence-electron chi connectivity index (χ1n) is 9.97. The molecule has 0 unspecified atom stereocenters. The van der Waals surface area contributed by atoms with Gasteiger partial charge in [0.15, 0.2) is 5.76 Å². The van der Waals surface area contributed by atoms with Crippen molar-refractivity contribution in [3.8, 4) is 0 Å². The maximum absolute atomic E-state index is 13.1. The van der Waals surface area contributed by atoms with Crippen LogP contribution in [0.5, 0.6) is 0 Å². The van der Waals surface area contributed by atoms with Gasteiger partial charge >= 0.3 is 0 Å². The second kappa shape index (κ2) is 8.49. The normalized spacial score (nSPS) is 13.1. The predicted molar refractivity (Wildman–Crippen MR) is 113 cm³/mol. The minimum atomic E-state index is -0.228. The van der Waals surface area contributed by atoms with Crippen molar-refractivity contribution in [3.05, 3.63) is 72.1 Å². The fraction of sp³-hybridized carbons (Fsp3) is 0.304. The smallest absolute Gasteiger partial charge is 0.290 e. The largest absolute Gasteiger partial charge is 0.467 e. The second-order valence-corrected chi connectivity index (χ2v) is 7.72. The highest BCUT2D eigenvalue weighted by atomic mass is 16.3. The zero-order chi connectivity index (χ0) is 21.1. The molecule has 1 saturated carbocycles. The molecular weight excluding hydrogens is 382 g/mol. The fourth-order valence-electron chi connectivity index (χ4n) is 3.37. The second-order valence-electron chi connectivity index (χ2n) is 7.72. The Bertz CT molecular complexity index is 1010. The Morgan fingerprint density at radius 2 is 1.80 bits per heavy atom. The number of amides is 2. The minimum absolute atomic E-state index is 0.0534. The van der Waals surface area contributed by atoms with E-state index in [0.717, 1.165) is 29.8 Å². The zero-order valence-corrected chi connectivity index (χ0v) is 17.1. The first kappa shape index (κ1) is 19.8. The molecule has 2 aromatic heterocycles. The zero-order valence-electron chi connectivity index (χ0n) is 17.1. The summed E-state index contributed by atoms with van der Waals surface area (Å²) >= 11 is 0. The molecule has 1 N–H and O–H groups in total. The monoisotopic (exact) mass is 407 g/mol. The van der Waals surface area contributed by atoms with Crippen molar-refractivity contribution in [2.75, 3.05) is 24.3 Å². The molecule has 7 heteroatoms. The van der Waals surface area contributed by atoms with Crippen LogP contribution in [0.15, 0.2) is 63.8 Å². The molecule has 3 aromatic rings. The predicted octanol–water partition coefficient (Wildman–Crippen LogP) is 4.13. The fourth-order valence-corrected chi connectivity index (χ4v) is 3.37. The maximum Gasteiger partial charge on any atom is 0.290 e. The van der Waals surface area contributed by atoms with Crippen molar-refractivity contribution < 1.29 is 18.4 Å². The molecule has 0 atom stereocenters. The van der Waals surface area contributed by atoms with Crippen LogP contribution in [0.3, 0.4) is 0 Å². The topological polar surface area (TPSA) is 78.9 Å². The lowest BCUT2D eigenvalue weighted by molar-refractivity contribution is -0.117. The van der Waals surface area contributed by atoms with E-state index < -0.39 is 0 Å². The molecule has 0 aliphatic heterocycles. The average Bonchev–Trinajstić information content (AvgIpc) is 3.20. The van der Waals surface area contributed by atoms with Crippen molar-refractivity contribution in [2.45, 2.75) is 25.9 Å². The molecule has 1 aromatic carbocycles. The molecule has 30 heavy (non-hydrogen) atoms. The maximum atomic E-state index is 13.1. The molecule has 1 aliphatic rings. The van der Waals surface area contributed by atoms with E-state index in [1.165, 1.54) is 6.26 Å².